The van der Waals surface area contributed by atoms with Crippen LogP contribution in [0, 0.1) is 0 Å². The average Bonchev–Trinajstić information content (AvgIpc) is 2.96. The minimum absolute atomic E-state index is 0. The van der Waals surface area contributed by atoms with E-state index in [0.29, 0.717) is 0 Å². The third kappa shape index (κ3) is 8.86. The van der Waals surface area contributed by atoms with Crippen molar-refractivity contribution in [1.82, 2.24) is 4.90 Å². The lowest BCUT2D eigenvalue weighted by Crippen LogP contribution is -2.28. The summed E-state index contributed by atoms with van der Waals surface area (Å²) in [6.45, 7) is 1.44. The number of hydrogen-bond donors (Lipinski definition) is 0. The van der Waals surface area contributed by atoms with Crippen molar-refractivity contribution in [3.63, 3.8) is 0 Å². The monoisotopic (exact) mass is 608 g/mol. The maximum atomic E-state index is 5.37. The van der Waals surface area contributed by atoms with Crippen molar-refractivity contribution >= 4 is 51.4 Å². The molecule has 0 aromatic heterocycles. The molecule has 0 saturated heterocycles. The van der Waals surface area contributed by atoms with Gasteiger partial charge in [-0.25, -0.2) is 4.99 Å². The van der Waals surface area contributed by atoms with Gasteiger partial charge in [0, 0.05) is 23.7 Å². The van der Waals surface area contributed by atoms with Gasteiger partial charge in [-0.2, -0.15) is 0 Å². The summed E-state index contributed by atoms with van der Waals surface area (Å²) in [7, 11) is 3.39. The average molecular weight is 610 g/mol. The summed E-state index contributed by atoms with van der Waals surface area (Å²) in [6, 6.07) is 35.5. The molecule has 0 aliphatic carbocycles. The molecule has 0 aliphatic heterocycles. The van der Waals surface area contributed by atoms with Crippen LogP contribution in [0.15, 0.2) is 113 Å². The van der Waals surface area contributed by atoms with Gasteiger partial charge in [0.05, 0.1) is 19.9 Å². The van der Waals surface area contributed by atoms with E-state index in [1.54, 1.807) is 37.7 Å². The van der Waals surface area contributed by atoms with Crippen LogP contribution >= 0.6 is 40.5 Å². The highest BCUT2D eigenvalue weighted by atomic mass is 79.9. The third-order valence-corrected chi connectivity index (χ3v) is 7.64. The Bertz CT molecular complexity index is 1230. The fourth-order valence-electron chi connectivity index (χ4n) is 3.80. The normalized spacial score (nSPS) is 11.0. The molecule has 0 radical (unpaired) electrons. The molecule has 0 unspecified atom stereocenters. The standard InChI is InChI=1S/C31H32N2O2S2.BrH/c1-34-28-16-12-24(13-17-28)21-33(22-25-14-18-29(35-2)19-15-25)31(37-23-26-8-5-4-6-9-26)32-27-10-7-11-30(20-27)36-3;/h4-20H,21-23H2,1-3H3;1H. The lowest BCUT2D eigenvalue weighted by molar-refractivity contribution is 0.405. The second kappa shape index (κ2) is 15.5. The summed E-state index contributed by atoms with van der Waals surface area (Å²) in [5.74, 6) is 2.54. The van der Waals surface area contributed by atoms with Crippen LogP contribution in [0.5, 0.6) is 11.5 Å². The summed E-state index contributed by atoms with van der Waals surface area (Å²) < 4.78 is 10.7. The number of halogens is 1. The molecule has 0 atom stereocenters. The SMILES string of the molecule is Br.COc1ccc(CN(Cc2ccc(OC)cc2)C(=Nc2cccc(SC)c2)SCc2ccccc2)cc1. The topological polar surface area (TPSA) is 34.1 Å². The predicted octanol–water partition coefficient (Wildman–Crippen LogP) is 8.63. The maximum absolute atomic E-state index is 5.37. The molecule has 0 amide bonds. The van der Waals surface area contributed by atoms with Gasteiger partial charge < -0.3 is 14.4 Å². The van der Waals surface area contributed by atoms with Crippen LogP contribution in [0.1, 0.15) is 16.7 Å². The second-order valence-corrected chi connectivity index (χ2v) is 10.2. The fourth-order valence-corrected chi connectivity index (χ4v) is 5.22. The van der Waals surface area contributed by atoms with Gasteiger partial charge in [0.1, 0.15) is 11.5 Å². The number of methoxy groups -OCH3 is 2. The van der Waals surface area contributed by atoms with Crippen molar-refractivity contribution < 1.29 is 9.47 Å². The summed E-state index contributed by atoms with van der Waals surface area (Å²) >= 11 is 3.49. The number of rotatable bonds is 10. The molecule has 4 nitrogen and oxygen atoms in total. The Kier molecular flexibility index (Phi) is 12.1. The van der Waals surface area contributed by atoms with Gasteiger partial charge >= 0.3 is 0 Å². The summed E-state index contributed by atoms with van der Waals surface area (Å²) in [6.07, 6.45) is 2.09. The molecular weight excluding hydrogens is 576 g/mol. The van der Waals surface area contributed by atoms with Crippen molar-refractivity contribution in [2.45, 2.75) is 23.7 Å². The Labute approximate surface area is 245 Å². The number of hydrogen-bond acceptors (Lipinski definition) is 5. The van der Waals surface area contributed by atoms with Gasteiger partial charge in [-0.15, -0.1) is 28.7 Å². The van der Waals surface area contributed by atoms with Gasteiger partial charge in [0.25, 0.3) is 0 Å². The van der Waals surface area contributed by atoms with Gasteiger partial charge in [-0.1, -0.05) is 72.4 Å². The van der Waals surface area contributed by atoms with Crippen LogP contribution in [0.2, 0.25) is 0 Å². The Morgan fingerprint density at radius 3 is 1.82 bits per heavy atom. The van der Waals surface area contributed by atoms with Gasteiger partial charge in [-0.05, 0) is 65.4 Å². The highest BCUT2D eigenvalue weighted by Gasteiger charge is 2.15. The number of nitrogens with zero attached hydrogens (tertiary/aromatic N) is 2. The number of aliphatic imine (C=N–C) groups is 1. The molecule has 4 aromatic rings. The highest BCUT2D eigenvalue weighted by molar-refractivity contribution is 8.93. The molecule has 0 fully saturated rings. The summed E-state index contributed by atoms with van der Waals surface area (Å²) in [5.41, 5.74) is 4.61. The van der Waals surface area contributed by atoms with Gasteiger partial charge in [0.15, 0.2) is 5.17 Å². The van der Waals surface area contributed by atoms with E-state index in [9.17, 15) is 0 Å². The van der Waals surface area contributed by atoms with E-state index in [1.807, 2.05) is 24.3 Å². The van der Waals surface area contributed by atoms with E-state index in [4.69, 9.17) is 14.5 Å². The maximum Gasteiger partial charge on any atom is 0.165 e. The number of benzene rings is 4. The molecule has 198 valence electrons. The van der Waals surface area contributed by atoms with Gasteiger partial charge in [0.2, 0.25) is 0 Å². The second-order valence-electron chi connectivity index (χ2n) is 8.42. The van der Waals surface area contributed by atoms with E-state index in [-0.39, 0.29) is 17.0 Å². The predicted molar refractivity (Wildman–Crippen MR) is 169 cm³/mol. The molecule has 0 spiro atoms. The molecule has 4 aromatic carbocycles. The summed E-state index contributed by atoms with van der Waals surface area (Å²) in [4.78, 5) is 8.73. The minimum Gasteiger partial charge on any atom is -0.497 e. The molecule has 0 heterocycles. The zero-order valence-electron chi connectivity index (χ0n) is 21.9. The van der Waals surface area contributed by atoms with Crippen molar-refractivity contribution in [2.75, 3.05) is 20.5 Å². The molecule has 38 heavy (non-hydrogen) atoms. The van der Waals surface area contributed by atoms with E-state index >= 15 is 0 Å². The quantitative estimate of drug-likeness (QED) is 0.102. The molecular formula is C31H33BrN2O2S2. The van der Waals surface area contributed by atoms with Crippen LogP contribution in [0.3, 0.4) is 0 Å². The zero-order valence-corrected chi connectivity index (χ0v) is 25.2. The fraction of sp³-hybridized carbons (Fsp3) is 0.194. The van der Waals surface area contributed by atoms with Crippen LogP contribution < -0.4 is 9.47 Å². The van der Waals surface area contributed by atoms with E-state index in [1.165, 1.54) is 21.6 Å². The molecule has 0 aliphatic rings. The van der Waals surface area contributed by atoms with E-state index in [2.05, 4.69) is 90.0 Å². The van der Waals surface area contributed by atoms with E-state index in [0.717, 1.165) is 41.2 Å². The summed E-state index contributed by atoms with van der Waals surface area (Å²) in [5, 5.41) is 0.980. The Morgan fingerprint density at radius 1 is 0.711 bits per heavy atom. The Balaban J connectivity index is 0.00000400. The van der Waals surface area contributed by atoms with Crippen LogP contribution in [0.4, 0.5) is 5.69 Å². The first kappa shape index (κ1) is 29.7. The highest BCUT2D eigenvalue weighted by Crippen LogP contribution is 2.27. The number of thioether (sulfide) groups is 2. The third-order valence-electron chi connectivity index (χ3n) is 5.82. The van der Waals surface area contributed by atoms with Crippen molar-refractivity contribution in [2.24, 2.45) is 4.99 Å². The van der Waals surface area contributed by atoms with Crippen LogP contribution in [-0.2, 0) is 18.8 Å². The first-order valence-corrected chi connectivity index (χ1v) is 14.3. The first-order valence-electron chi connectivity index (χ1n) is 12.1. The van der Waals surface area contributed by atoms with Crippen LogP contribution in [-0.4, -0.2) is 30.5 Å². The smallest absolute Gasteiger partial charge is 0.165 e. The Morgan fingerprint density at radius 2 is 1.29 bits per heavy atom. The first-order chi connectivity index (χ1) is 18.2. The molecule has 0 bridgehead atoms. The zero-order chi connectivity index (χ0) is 25.9. The lowest BCUT2D eigenvalue weighted by Gasteiger charge is -2.26. The van der Waals surface area contributed by atoms with Gasteiger partial charge in [-0.3, -0.25) is 0 Å². The van der Waals surface area contributed by atoms with Crippen molar-refractivity contribution in [3.05, 3.63) is 120 Å². The lowest BCUT2D eigenvalue weighted by atomic mass is 10.1. The van der Waals surface area contributed by atoms with E-state index < -0.39 is 0 Å². The minimum atomic E-state index is 0. The Hall–Kier alpha value is -2.87. The molecule has 4 rings (SSSR count). The number of ether oxygens (including phenoxy) is 2. The van der Waals surface area contributed by atoms with Crippen molar-refractivity contribution in [1.29, 1.82) is 0 Å². The van der Waals surface area contributed by atoms with Crippen LogP contribution in [0.25, 0.3) is 0 Å². The largest absolute Gasteiger partial charge is 0.497 e. The molecule has 7 heteroatoms. The van der Waals surface area contributed by atoms with Crippen molar-refractivity contribution in [3.8, 4) is 11.5 Å². The molecule has 0 N–H and O–H groups in total. The number of amidine groups is 1. The molecule has 0 saturated carbocycles.